The molecule has 1 aromatic rings. The van der Waals surface area contributed by atoms with Crippen LogP contribution in [0.15, 0.2) is 30.3 Å². The summed E-state index contributed by atoms with van der Waals surface area (Å²) < 4.78 is 0. The summed E-state index contributed by atoms with van der Waals surface area (Å²) in [6, 6.07) is 9.44. The zero-order valence-electron chi connectivity index (χ0n) is 7.53. The van der Waals surface area contributed by atoms with Gasteiger partial charge >= 0.3 is 5.97 Å². The molecule has 0 unspecified atom stereocenters. The third-order valence-corrected chi connectivity index (χ3v) is 1.45. The van der Waals surface area contributed by atoms with Gasteiger partial charge < -0.3 is 5.11 Å². The first kappa shape index (κ1) is 12.0. The Morgan fingerprint density at radius 3 is 2.08 bits per heavy atom. The normalized spacial score (nSPS) is 8.46. The molecule has 0 fully saturated rings. The van der Waals surface area contributed by atoms with E-state index in [4.69, 9.17) is 16.7 Å². The van der Waals surface area contributed by atoms with Gasteiger partial charge in [-0.1, -0.05) is 36.7 Å². The molecule has 0 spiro atoms. The molecule has 0 amide bonds. The minimum Gasteiger partial charge on any atom is -0.481 e. The molecule has 0 saturated heterocycles. The molecule has 0 aliphatic carbocycles. The van der Waals surface area contributed by atoms with Crippen LogP contribution in [0.3, 0.4) is 0 Å². The van der Waals surface area contributed by atoms with Crippen LogP contribution >= 0.6 is 11.6 Å². The number of hydrogen-bond acceptors (Lipinski definition) is 1. The number of carbonyl (C=O) groups is 1. The first-order chi connectivity index (χ1) is 6.16. The van der Waals surface area contributed by atoms with E-state index in [1.807, 2.05) is 37.3 Å². The smallest absolute Gasteiger partial charge is 0.303 e. The van der Waals surface area contributed by atoms with Crippen molar-refractivity contribution in [3.8, 4) is 0 Å². The van der Waals surface area contributed by atoms with Crippen molar-refractivity contribution < 1.29 is 9.90 Å². The Labute approximate surface area is 83.2 Å². The number of halogens is 1. The van der Waals surface area contributed by atoms with E-state index in [9.17, 15) is 4.79 Å². The second-order valence-electron chi connectivity index (χ2n) is 2.44. The SMILES string of the molecule is CCCC(=O)O.Clc1ccccc1. The predicted octanol–water partition coefficient (Wildman–Crippen LogP) is 3.21. The third-order valence-electron chi connectivity index (χ3n) is 1.20. The van der Waals surface area contributed by atoms with Crippen LogP contribution in [0.1, 0.15) is 19.8 Å². The summed E-state index contributed by atoms with van der Waals surface area (Å²) in [4.78, 5) is 9.60. The molecule has 2 nitrogen and oxygen atoms in total. The quantitative estimate of drug-likeness (QED) is 0.796. The fraction of sp³-hybridized carbons (Fsp3) is 0.300. The van der Waals surface area contributed by atoms with Crippen LogP contribution in [0, 0.1) is 0 Å². The second kappa shape index (κ2) is 7.62. The van der Waals surface area contributed by atoms with E-state index in [0.29, 0.717) is 6.42 Å². The molecule has 72 valence electrons. The van der Waals surface area contributed by atoms with Crippen LogP contribution in [0.5, 0.6) is 0 Å². The highest BCUT2D eigenvalue weighted by molar-refractivity contribution is 6.30. The van der Waals surface area contributed by atoms with E-state index in [1.54, 1.807) is 0 Å². The molecule has 0 aliphatic rings. The summed E-state index contributed by atoms with van der Waals surface area (Å²) in [5.74, 6) is -0.711. The first-order valence-electron chi connectivity index (χ1n) is 4.09. The summed E-state index contributed by atoms with van der Waals surface area (Å²) in [6.45, 7) is 1.84. The van der Waals surface area contributed by atoms with Crippen LogP contribution < -0.4 is 0 Å². The standard InChI is InChI=1S/C6H5Cl.C4H8O2/c7-6-4-2-1-3-5-6;1-2-3-4(5)6/h1-5H;2-3H2,1H3,(H,5,6). The molecule has 0 bridgehead atoms. The van der Waals surface area contributed by atoms with Crippen molar-refractivity contribution in [2.75, 3.05) is 0 Å². The highest BCUT2D eigenvalue weighted by atomic mass is 35.5. The number of benzene rings is 1. The van der Waals surface area contributed by atoms with E-state index < -0.39 is 5.97 Å². The molecule has 1 aromatic carbocycles. The van der Waals surface area contributed by atoms with E-state index in [2.05, 4.69) is 0 Å². The zero-order valence-corrected chi connectivity index (χ0v) is 8.29. The Hall–Kier alpha value is -1.02. The lowest BCUT2D eigenvalue weighted by molar-refractivity contribution is -0.137. The molecule has 0 aliphatic heterocycles. The maximum absolute atomic E-state index is 9.60. The van der Waals surface area contributed by atoms with Crippen LogP contribution in [-0.2, 0) is 4.79 Å². The van der Waals surface area contributed by atoms with E-state index >= 15 is 0 Å². The summed E-state index contributed by atoms with van der Waals surface area (Å²) in [5, 5.41) is 8.71. The second-order valence-corrected chi connectivity index (χ2v) is 2.88. The molecule has 0 heterocycles. The van der Waals surface area contributed by atoms with Gasteiger partial charge in [0.25, 0.3) is 0 Å². The molecule has 1 rings (SSSR count). The lowest BCUT2D eigenvalue weighted by Gasteiger charge is -1.80. The molecule has 1 N–H and O–H groups in total. The van der Waals surface area contributed by atoms with Gasteiger partial charge in [0, 0.05) is 11.4 Å². The monoisotopic (exact) mass is 200 g/mol. The Morgan fingerprint density at radius 1 is 1.38 bits per heavy atom. The maximum atomic E-state index is 9.60. The first-order valence-corrected chi connectivity index (χ1v) is 4.47. The van der Waals surface area contributed by atoms with E-state index in [0.717, 1.165) is 11.4 Å². The van der Waals surface area contributed by atoms with Crippen LogP contribution in [0.4, 0.5) is 0 Å². The fourth-order valence-corrected chi connectivity index (χ4v) is 0.774. The molecular formula is C10H13ClO2. The number of rotatable bonds is 2. The summed E-state index contributed by atoms with van der Waals surface area (Å²) >= 11 is 5.54. The van der Waals surface area contributed by atoms with Crippen molar-refractivity contribution in [1.29, 1.82) is 0 Å². The van der Waals surface area contributed by atoms with E-state index in [1.165, 1.54) is 0 Å². The molecule has 0 atom stereocenters. The summed E-state index contributed by atoms with van der Waals surface area (Å²) in [7, 11) is 0. The van der Waals surface area contributed by atoms with Crippen LogP contribution in [-0.4, -0.2) is 11.1 Å². The lowest BCUT2D eigenvalue weighted by atomic mass is 10.4. The maximum Gasteiger partial charge on any atom is 0.303 e. The Morgan fingerprint density at radius 2 is 1.92 bits per heavy atom. The molecule has 13 heavy (non-hydrogen) atoms. The van der Waals surface area contributed by atoms with Crippen LogP contribution in [0.2, 0.25) is 5.02 Å². The molecule has 0 aromatic heterocycles. The van der Waals surface area contributed by atoms with Crippen molar-refractivity contribution in [2.45, 2.75) is 19.8 Å². The van der Waals surface area contributed by atoms with Crippen molar-refractivity contribution >= 4 is 17.6 Å². The predicted molar refractivity (Wildman–Crippen MR) is 54.0 cm³/mol. The van der Waals surface area contributed by atoms with Gasteiger partial charge in [-0.05, 0) is 18.6 Å². The highest BCUT2D eigenvalue weighted by Gasteiger charge is 1.87. The van der Waals surface area contributed by atoms with Crippen molar-refractivity contribution in [3.63, 3.8) is 0 Å². The zero-order chi connectivity index (χ0) is 10.1. The highest BCUT2D eigenvalue weighted by Crippen LogP contribution is 2.03. The molecule has 0 radical (unpaired) electrons. The summed E-state index contributed by atoms with van der Waals surface area (Å²) in [6.07, 6.45) is 1.02. The third kappa shape index (κ3) is 8.89. The topological polar surface area (TPSA) is 37.3 Å². The van der Waals surface area contributed by atoms with Gasteiger partial charge in [-0.3, -0.25) is 4.79 Å². The van der Waals surface area contributed by atoms with Gasteiger partial charge in [0.1, 0.15) is 0 Å². The van der Waals surface area contributed by atoms with Crippen LogP contribution in [0.25, 0.3) is 0 Å². The molecular weight excluding hydrogens is 188 g/mol. The van der Waals surface area contributed by atoms with Gasteiger partial charge in [0.15, 0.2) is 0 Å². The Kier molecular flexibility index (Phi) is 7.02. The number of carboxylic acids is 1. The fourth-order valence-electron chi connectivity index (χ4n) is 0.629. The Balaban J connectivity index is 0.000000226. The average Bonchev–Trinajstić information content (AvgIpc) is 2.06. The number of hydrogen-bond donors (Lipinski definition) is 1. The molecule has 0 saturated carbocycles. The average molecular weight is 201 g/mol. The van der Waals surface area contributed by atoms with Gasteiger partial charge in [-0.15, -0.1) is 0 Å². The van der Waals surface area contributed by atoms with Gasteiger partial charge in [0.05, 0.1) is 0 Å². The summed E-state index contributed by atoms with van der Waals surface area (Å²) in [5.41, 5.74) is 0. The van der Waals surface area contributed by atoms with Gasteiger partial charge in [-0.25, -0.2) is 0 Å². The minimum absolute atomic E-state index is 0.292. The minimum atomic E-state index is -0.711. The number of carboxylic acid groups (broad SMARTS) is 1. The largest absolute Gasteiger partial charge is 0.481 e. The Bertz CT molecular complexity index is 234. The van der Waals surface area contributed by atoms with Crippen molar-refractivity contribution in [1.82, 2.24) is 0 Å². The number of aliphatic carboxylic acids is 1. The van der Waals surface area contributed by atoms with Crippen molar-refractivity contribution in [2.24, 2.45) is 0 Å². The van der Waals surface area contributed by atoms with Gasteiger partial charge in [0.2, 0.25) is 0 Å². The van der Waals surface area contributed by atoms with Crippen molar-refractivity contribution in [3.05, 3.63) is 35.4 Å². The van der Waals surface area contributed by atoms with Gasteiger partial charge in [-0.2, -0.15) is 0 Å². The van der Waals surface area contributed by atoms with E-state index in [-0.39, 0.29) is 0 Å². The molecule has 3 heteroatoms. The lowest BCUT2D eigenvalue weighted by Crippen LogP contribution is -1.90.